The molecule has 0 bridgehead atoms. The minimum absolute atomic E-state index is 0. The molecule has 0 heterocycles. The van der Waals surface area contributed by atoms with Gasteiger partial charge in [0.2, 0.25) is 0 Å². The third-order valence-corrected chi connectivity index (χ3v) is 3.17. The first-order valence-electron chi connectivity index (χ1n) is 6.21. The molecule has 0 aliphatic carbocycles. The van der Waals surface area contributed by atoms with E-state index in [9.17, 15) is 4.39 Å². The second kappa shape index (κ2) is 6.69. The lowest BCUT2D eigenvalue weighted by atomic mass is 9.92. The Bertz CT molecular complexity index is 552. The maximum Gasteiger partial charge on any atom is 0.128 e. The van der Waals surface area contributed by atoms with Crippen molar-refractivity contribution >= 4 is 12.4 Å². The van der Waals surface area contributed by atoms with Gasteiger partial charge < -0.3 is 5.73 Å². The van der Waals surface area contributed by atoms with Gasteiger partial charge in [-0.1, -0.05) is 50.2 Å². The van der Waals surface area contributed by atoms with E-state index in [-0.39, 0.29) is 24.8 Å². The van der Waals surface area contributed by atoms with Gasteiger partial charge in [0.15, 0.2) is 0 Å². The first-order chi connectivity index (χ1) is 8.63. The van der Waals surface area contributed by atoms with E-state index in [1.54, 1.807) is 12.1 Å². The molecule has 0 unspecified atom stereocenters. The molecule has 102 valence electrons. The van der Waals surface area contributed by atoms with E-state index in [0.717, 1.165) is 11.1 Å². The van der Waals surface area contributed by atoms with E-state index < -0.39 is 0 Å². The SMILES string of the molecule is CC(C)c1ccccc1-c1ccc(CN)c(F)c1.Cl. The van der Waals surface area contributed by atoms with Crippen molar-refractivity contribution in [1.82, 2.24) is 0 Å². The van der Waals surface area contributed by atoms with Gasteiger partial charge in [0.05, 0.1) is 0 Å². The van der Waals surface area contributed by atoms with Crippen LogP contribution in [0.25, 0.3) is 11.1 Å². The Morgan fingerprint density at radius 2 is 1.79 bits per heavy atom. The number of hydrogen-bond acceptors (Lipinski definition) is 1. The van der Waals surface area contributed by atoms with Crippen molar-refractivity contribution < 1.29 is 4.39 Å². The number of benzene rings is 2. The maximum atomic E-state index is 13.8. The zero-order chi connectivity index (χ0) is 13.1. The van der Waals surface area contributed by atoms with Crippen LogP contribution in [-0.2, 0) is 6.54 Å². The second-order valence-electron chi connectivity index (χ2n) is 4.75. The van der Waals surface area contributed by atoms with Gasteiger partial charge in [-0.2, -0.15) is 0 Å². The van der Waals surface area contributed by atoms with Crippen LogP contribution in [0, 0.1) is 5.82 Å². The third-order valence-electron chi connectivity index (χ3n) is 3.17. The number of hydrogen-bond donors (Lipinski definition) is 1. The average molecular weight is 280 g/mol. The predicted octanol–water partition coefficient (Wildman–Crippen LogP) is 4.50. The van der Waals surface area contributed by atoms with Gasteiger partial charge in [0.25, 0.3) is 0 Å². The van der Waals surface area contributed by atoms with Crippen LogP contribution in [-0.4, -0.2) is 0 Å². The predicted molar refractivity (Wildman–Crippen MR) is 81.1 cm³/mol. The van der Waals surface area contributed by atoms with Crippen LogP contribution in [0.15, 0.2) is 42.5 Å². The number of nitrogens with two attached hydrogens (primary N) is 1. The molecule has 0 spiro atoms. The lowest BCUT2D eigenvalue weighted by Gasteiger charge is -2.13. The summed E-state index contributed by atoms with van der Waals surface area (Å²) in [5.41, 5.74) is 9.27. The second-order valence-corrected chi connectivity index (χ2v) is 4.75. The van der Waals surface area contributed by atoms with E-state index in [2.05, 4.69) is 19.9 Å². The molecule has 1 nitrogen and oxygen atoms in total. The summed E-state index contributed by atoms with van der Waals surface area (Å²) in [7, 11) is 0. The Morgan fingerprint density at radius 1 is 1.11 bits per heavy atom. The molecular formula is C16H19ClFN. The lowest BCUT2D eigenvalue weighted by molar-refractivity contribution is 0.611. The summed E-state index contributed by atoms with van der Waals surface area (Å²) in [4.78, 5) is 0. The number of rotatable bonds is 3. The van der Waals surface area contributed by atoms with Crippen LogP contribution in [0.1, 0.15) is 30.9 Å². The topological polar surface area (TPSA) is 26.0 Å². The molecule has 0 fully saturated rings. The molecule has 19 heavy (non-hydrogen) atoms. The highest BCUT2D eigenvalue weighted by molar-refractivity contribution is 5.85. The normalized spacial score (nSPS) is 10.4. The van der Waals surface area contributed by atoms with E-state index in [0.29, 0.717) is 11.5 Å². The van der Waals surface area contributed by atoms with E-state index in [4.69, 9.17) is 5.73 Å². The van der Waals surface area contributed by atoms with Crippen LogP contribution >= 0.6 is 12.4 Å². The molecule has 0 aromatic heterocycles. The molecule has 2 rings (SSSR count). The monoisotopic (exact) mass is 279 g/mol. The van der Waals surface area contributed by atoms with Gasteiger partial charge >= 0.3 is 0 Å². The zero-order valence-electron chi connectivity index (χ0n) is 11.2. The van der Waals surface area contributed by atoms with E-state index >= 15 is 0 Å². The Morgan fingerprint density at radius 3 is 2.37 bits per heavy atom. The fraction of sp³-hybridized carbons (Fsp3) is 0.250. The first-order valence-corrected chi connectivity index (χ1v) is 6.21. The fourth-order valence-corrected chi connectivity index (χ4v) is 2.14. The molecule has 0 saturated heterocycles. The van der Waals surface area contributed by atoms with E-state index in [1.807, 2.05) is 24.3 Å². The molecule has 0 amide bonds. The molecule has 2 aromatic carbocycles. The zero-order valence-corrected chi connectivity index (χ0v) is 12.0. The van der Waals surface area contributed by atoms with Crippen molar-refractivity contribution in [2.75, 3.05) is 0 Å². The van der Waals surface area contributed by atoms with Crippen molar-refractivity contribution in [3.8, 4) is 11.1 Å². The Kier molecular flexibility index (Phi) is 5.52. The Labute approximate surface area is 120 Å². The summed E-state index contributed by atoms with van der Waals surface area (Å²) in [6.45, 7) is 4.52. The Hall–Kier alpha value is -1.38. The summed E-state index contributed by atoms with van der Waals surface area (Å²) in [6, 6.07) is 13.4. The minimum Gasteiger partial charge on any atom is -0.326 e. The van der Waals surface area contributed by atoms with Gasteiger partial charge in [-0.3, -0.25) is 0 Å². The molecule has 0 atom stereocenters. The van der Waals surface area contributed by atoms with Crippen LogP contribution in [0.3, 0.4) is 0 Å². The van der Waals surface area contributed by atoms with Gasteiger partial charge in [0, 0.05) is 12.1 Å². The van der Waals surface area contributed by atoms with Crippen molar-refractivity contribution in [3.63, 3.8) is 0 Å². The number of halogens is 2. The van der Waals surface area contributed by atoms with Crippen LogP contribution in [0.5, 0.6) is 0 Å². The highest BCUT2D eigenvalue weighted by Gasteiger charge is 2.09. The fourth-order valence-electron chi connectivity index (χ4n) is 2.14. The third kappa shape index (κ3) is 3.34. The van der Waals surface area contributed by atoms with E-state index in [1.165, 1.54) is 5.56 Å². The molecule has 2 N–H and O–H groups in total. The summed E-state index contributed by atoms with van der Waals surface area (Å²) >= 11 is 0. The average Bonchev–Trinajstić information content (AvgIpc) is 2.38. The van der Waals surface area contributed by atoms with Crippen molar-refractivity contribution in [3.05, 3.63) is 59.4 Å². The quantitative estimate of drug-likeness (QED) is 0.880. The molecular weight excluding hydrogens is 261 g/mol. The highest BCUT2D eigenvalue weighted by atomic mass is 35.5. The first kappa shape index (κ1) is 15.7. The molecule has 0 saturated carbocycles. The summed E-state index contributed by atoms with van der Waals surface area (Å²) in [6.07, 6.45) is 0. The standard InChI is InChI=1S/C16H18FN.ClH/c1-11(2)14-5-3-4-6-15(14)12-7-8-13(10-18)16(17)9-12;/h3-9,11H,10,18H2,1-2H3;1H. The van der Waals surface area contributed by atoms with Crippen molar-refractivity contribution in [2.24, 2.45) is 5.73 Å². The smallest absolute Gasteiger partial charge is 0.128 e. The Balaban J connectivity index is 0.00000180. The molecule has 0 aliphatic rings. The van der Waals surface area contributed by atoms with Gasteiger partial charge in [0.1, 0.15) is 5.82 Å². The van der Waals surface area contributed by atoms with Crippen molar-refractivity contribution in [2.45, 2.75) is 26.3 Å². The summed E-state index contributed by atoms with van der Waals surface area (Å²) in [5.74, 6) is 0.187. The largest absolute Gasteiger partial charge is 0.326 e. The van der Waals surface area contributed by atoms with Crippen LogP contribution in [0.2, 0.25) is 0 Å². The summed E-state index contributed by atoms with van der Waals surface area (Å²) in [5, 5.41) is 0. The van der Waals surface area contributed by atoms with Crippen LogP contribution < -0.4 is 5.73 Å². The molecule has 3 heteroatoms. The highest BCUT2D eigenvalue weighted by Crippen LogP contribution is 2.29. The summed E-state index contributed by atoms with van der Waals surface area (Å²) < 4.78 is 13.8. The van der Waals surface area contributed by atoms with Gasteiger partial charge in [-0.05, 0) is 28.7 Å². The maximum absolute atomic E-state index is 13.8. The lowest BCUT2D eigenvalue weighted by Crippen LogP contribution is -2.00. The molecule has 0 aliphatic heterocycles. The van der Waals surface area contributed by atoms with Crippen LogP contribution in [0.4, 0.5) is 4.39 Å². The van der Waals surface area contributed by atoms with Gasteiger partial charge in [-0.25, -0.2) is 4.39 Å². The molecule has 2 aromatic rings. The molecule has 0 radical (unpaired) electrons. The van der Waals surface area contributed by atoms with Gasteiger partial charge in [-0.15, -0.1) is 12.4 Å². The van der Waals surface area contributed by atoms with Crippen molar-refractivity contribution in [1.29, 1.82) is 0 Å². The minimum atomic E-state index is -0.228.